The Hall–Kier alpha value is -1.28. The van der Waals surface area contributed by atoms with Crippen molar-refractivity contribution in [3.63, 3.8) is 0 Å². The fourth-order valence-electron chi connectivity index (χ4n) is 1.25. The maximum atomic E-state index is 11.6. The van der Waals surface area contributed by atoms with Crippen LogP contribution in [0.1, 0.15) is 10.4 Å². The minimum Gasteiger partial charge on any atom is -0.488 e. The second-order valence-electron chi connectivity index (χ2n) is 2.83. The van der Waals surface area contributed by atoms with E-state index in [9.17, 15) is 4.79 Å². The van der Waals surface area contributed by atoms with E-state index >= 15 is 0 Å². The topological polar surface area (TPSA) is 26.3 Å². The van der Waals surface area contributed by atoms with Gasteiger partial charge in [0.15, 0.2) is 5.78 Å². The number of hydrogen-bond donors (Lipinski definition) is 0. The quantitative estimate of drug-likeness (QED) is 0.593. The lowest BCUT2D eigenvalue weighted by molar-refractivity contribution is 0.1000. The van der Waals surface area contributed by atoms with E-state index in [1.165, 1.54) is 0 Å². The number of benzene rings is 1. The third-order valence-corrected chi connectivity index (χ3v) is 2.24. The molecule has 0 bridgehead atoms. The molecule has 0 aromatic heterocycles. The maximum Gasteiger partial charge on any atom is 0.197 e. The molecular weight excluding hydrogens is 188 g/mol. The van der Waals surface area contributed by atoms with E-state index in [0.717, 1.165) is 0 Å². The van der Waals surface area contributed by atoms with Crippen LogP contribution < -0.4 is 4.74 Å². The molecule has 0 N–H and O–H groups in total. The Labute approximate surface area is 80.8 Å². The molecule has 1 aliphatic heterocycles. The van der Waals surface area contributed by atoms with Crippen molar-refractivity contribution in [2.75, 3.05) is 6.61 Å². The molecule has 1 aromatic carbocycles. The van der Waals surface area contributed by atoms with Gasteiger partial charge in [-0.15, -0.1) is 0 Å². The summed E-state index contributed by atoms with van der Waals surface area (Å²) in [5.74, 6) is 0.428. The third-order valence-electron chi connectivity index (χ3n) is 1.93. The first kappa shape index (κ1) is 8.32. The molecule has 0 saturated heterocycles. The van der Waals surface area contributed by atoms with Gasteiger partial charge in [-0.3, -0.25) is 4.79 Å². The van der Waals surface area contributed by atoms with Crippen molar-refractivity contribution >= 4 is 17.4 Å². The number of ketones is 1. The van der Waals surface area contributed by atoms with Crippen LogP contribution in [0.5, 0.6) is 5.75 Å². The summed E-state index contributed by atoms with van der Waals surface area (Å²) in [4.78, 5) is 11.6. The summed E-state index contributed by atoms with van der Waals surface area (Å²) >= 11 is 5.86. The average Bonchev–Trinajstić information content (AvgIpc) is 2.12. The Morgan fingerprint density at radius 3 is 3.00 bits per heavy atom. The summed E-state index contributed by atoms with van der Waals surface area (Å²) in [6, 6.07) is 5.15. The lowest BCUT2D eigenvalue weighted by Gasteiger charge is -2.18. The fourth-order valence-corrected chi connectivity index (χ4v) is 1.50. The number of rotatable bonds is 0. The highest BCUT2D eigenvalue weighted by atomic mass is 35.5. The molecule has 2 rings (SSSR count). The van der Waals surface area contributed by atoms with Crippen LogP contribution in [0.15, 0.2) is 30.4 Å². The van der Waals surface area contributed by atoms with E-state index in [1.807, 2.05) is 0 Å². The van der Waals surface area contributed by atoms with Crippen molar-refractivity contribution in [2.24, 2.45) is 0 Å². The molecule has 0 spiro atoms. The number of carbonyl (C=O) groups is 1. The van der Waals surface area contributed by atoms with Gasteiger partial charge < -0.3 is 4.74 Å². The molecule has 0 fully saturated rings. The van der Waals surface area contributed by atoms with Gasteiger partial charge in [-0.2, -0.15) is 0 Å². The van der Waals surface area contributed by atoms with Gasteiger partial charge in [0, 0.05) is 5.57 Å². The molecule has 0 radical (unpaired) electrons. The zero-order valence-corrected chi connectivity index (χ0v) is 7.60. The summed E-state index contributed by atoms with van der Waals surface area (Å²) in [6.45, 7) is 3.86. The Kier molecular flexibility index (Phi) is 1.85. The Bertz CT molecular complexity index is 396. The number of fused-ring (bicyclic) bond motifs is 1. The molecule has 2 nitrogen and oxygen atoms in total. The standard InChI is InChI=1S/C10H7ClO2/c1-6-5-13-8-4-2-3-7(11)9(8)10(6)12/h2-4H,1,5H2. The molecule has 0 amide bonds. The molecule has 1 aromatic rings. The van der Waals surface area contributed by atoms with Crippen molar-refractivity contribution in [1.82, 2.24) is 0 Å². The molecule has 0 saturated carbocycles. The van der Waals surface area contributed by atoms with Gasteiger partial charge in [-0.05, 0) is 12.1 Å². The summed E-state index contributed by atoms with van der Waals surface area (Å²) in [5, 5.41) is 0.420. The Balaban J connectivity index is 2.64. The van der Waals surface area contributed by atoms with Gasteiger partial charge in [0.25, 0.3) is 0 Å². The van der Waals surface area contributed by atoms with Gasteiger partial charge in [0.1, 0.15) is 12.4 Å². The molecule has 3 heteroatoms. The summed E-state index contributed by atoms with van der Waals surface area (Å²) in [6.07, 6.45) is 0. The molecule has 0 atom stereocenters. The smallest absolute Gasteiger partial charge is 0.197 e. The number of carbonyl (C=O) groups excluding carboxylic acids is 1. The van der Waals surface area contributed by atoms with E-state index in [1.54, 1.807) is 18.2 Å². The van der Waals surface area contributed by atoms with Crippen LogP contribution in [0.4, 0.5) is 0 Å². The highest BCUT2D eigenvalue weighted by molar-refractivity contribution is 6.35. The monoisotopic (exact) mass is 194 g/mol. The zero-order valence-electron chi connectivity index (χ0n) is 6.84. The molecule has 1 aliphatic rings. The van der Waals surface area contributed by atoms with E-state index < -0.39 is 0 Å². The van der Waals surface area contributed by atoms with Crippen molar-refractivity contribution in [2.45, 2.75) is 0 Å². The summed E-state index contributed by atoms with van der Waals surface area (Å²) in [7, 11) is 0. The zero-order chi connectivity index (χ0) is 9.42. The highest BCUT2D eigenvalue weighted by Crippen LogP contribution is 2.31. The predicted octanol–water partition coefficient (Wildman–Crippen LogP) is 2.47. The predicted molar refractivity (Wildman–Crippen MR) is 50.4 cm³/mol. The number of hydrogen-bond acceptors (Lipinski definition) is 2. The number of halogens is 1. The second-order valence-corrected chi connectivity index (χ2v) is 3.24. The lowest BCUT2D eigenvalue weighted by Crippen LogP contribution is -2.18. The molecular formula is C10H7ClO2. The van der Waals surface area contributed by atoms with Crippen LogP contribution in [0.25, 0.3) is 0 Å². The van der Waals surface area contributed by atoms with Crippen molar-refractivity contribution in [3.8, 4) is 5.75 Å². The van der Waals surface area contributed by atoms with Gasteiger partial charge in [0.05, 0.1) is 10.6 Å². The van der Waals surface area contributed by atoms with E-state index in [0.29, 0.717) is 21.9 Å². The van der Waals surface area contributed by atoms with Crippen molar-refractivity contribution in [3.05, 3.63) is 40.9 Å². The average molecular weight is 195 g/mol. The van der Waals surface area contributed by atoms with Crippen LogP contribution in [0, 0.1) is 0 Å². The van der Waals surface area contributed by atoms with Crippen LogP contribution in [-0.4, -0.2) is 12.4 Å². The summed E-state index contributed by atoms with van der Waals surface area (Å²) in [5.41, 5.74) is 0.876. The highest BCUT2D eigenvalue weighted by Gasteiger charge is 2.23. The van der Waals surface area contributed by atoms with Gasteiger partial charge in [0.2, 0.25) is 0 Å². The van der Waals surface area contributed by atoms with Crippen molar-refractivity contribution < 1.29 is 9.53 Å². The van der Waals surface area contributed by atoms with E-state index in [-0.39, 0.29) is 12.4 Å². The molecule has 66 valence electrons. The summed E-state index contributed by atoms with van der Waals surface area (Å²) < 4.78 is 5.28. The first-order valence-electron chi connectivity index (χ1n) is 3.84. The first-order chi connectivity index (χ1) is 6.20. The van der Waals surface area contributed by atoms with Crippen LogP contribution in [0.2, 0.25) is 5.02 Å². The van der Waals surface area contributed by atoms with Crippen LogP contribution in [-0.2, 0) is 0 Å². The molecule has 13 heavy (non-hydrogen) atoms. The third kappa shape index (κ3) is 1.23. The number of Topliss-reactive ketones (excluding diaryl/α,β-unsaturated/α-hetero) is 1. The molecule has 0 aliphatic carbocycles. The van der Waals surface area contributed by atoms with E-state index in [4.69, 9.17) is 16.3 Å². The van der Waals surface area contributed by atoms with Crippen LogP contribution >= 0.6 is 11.6 Å². The van der Waals surface area contributed by atoms with Crippen molar-refractivity contribution in [1.29, 1.82) is 0 Å². The Morgan fingerprint density at radius 2 is 2.23 bits per heavy atom. The number of ether oxygens (including phenoxy) is 1. The first-order valence-corrected chi connectivity index (χ1v) is 4.21. The van der Waals surface area contributed by atoms with Crippen LogP contribution in [0.3, 0.4) is 0 Å². The lowest BCUT2D eigenvalue weighted by atomic mass is 10.0. The minimum atomic E-state index is -0.119. The normalized spacial score (nSPS) is 15.2. The van der Waals surface area contributed by atoms with E-state index in [2.05, 4.69) is 6.58 Å². The largest absolute Gasteiger partial charge is 0.488 e. The van der Waals surface area contributed by atoms with Gasteiger partial charge in [-0.25, -0.2) is 0 Å². The maximum absolute atomic E-state index is 11.6. The second kappa shape index (κ2) is 2.89. The molecule has 0 unspecified atom stereocenters. The SMILES string of the molecule is C=C1COc2cccc(Cl)c2C1=O. The Morgan fingerprint density at radius 1 is 1.46 bits per heavy atom. The van der Waals surface area contributed by atoms with Gasteiger partial charge in [-0.1, -0.05) is 24.2 Å². The fraction of sp³-hybridized carbons (Fsp3) is 0.100. The van der Waals surface area contributed by atoms with Gasteiger partial charge >= 0.3 is 0 Å². The minimum absolute atomic E-state index is 0.119. The molecule has 1 heterocycles.